The lowest BCUT2D eigenvalue weighted by Gasteiger charge is -2.57. The zero-order chi connectivity index (χ0) is 43.7. The molecule has 2 aliphatic rings. The van der Waals surface area contributed by atoms with Crippen molar-refractivity contribution in [1.29, 1.82) is 0 Å². The van der Waals surface area contributed by atoms with E-state index < -0.39 is 98.4 Å². The fourth-order valence-corrected chi connectivity index (χ4v) is 7.88. The number of hydrogen-bond acceptors (Lipinski definition) is 16. The maximum atomic E-state index is 12.3. The van der Waals surface area contributed by atoms with Crippen LogP contribution in [0.4, 0.5) is 4.39 Å². The van der Waals surface area contributed by atoms with Gasteiger partial charge in [-0.05, 0) is 26.2 Å². The molecule has 0 aromatic heterocycles. The van der Waals surface area contributed by atoms with Crippen molar-refractivity contribution in [3.8, 4) is 0 Å². The van der Waals surface area contributed by atoms with Crippen molar-refractivity contribution in [2.45, 2.75) is 215 Å². The second-order valence-corrected chi connectivity index (χ2v) is 16.6. The van der Waals surface area contributed by atoms with Crippen LogP contribution >= 0.6 is 0 Å². The van der Waals surface area contributed by atoms with Crippen LogP contribution in [0.15, 0.2) is 0 Å². The van der Waals surface area contributed by atoms with Gasteiger partial charge in [-0.15, -0.1) is 0 Å². The first-order valence-electron chi connectivity index (χ1n) is 22.4. The van der Waals surface area contributed by atoms with Crippen LogP contribution in [0.5, 0.6) is 0 Å². The van der Waals surface area contributed by atoms with Crippen molar-refractivity contribution in [1.82, 2.24) is 0 Å². The number of aliphatic hydroxyl groups excluding tert-OH is 8. The molecular weight excluding hydrogens is 779 g/mol. The normalized spacial score (nSPS) is 32.4. The Morgan fingerprint density at radius 1 is 0.610 bits per heavy atom. The lowest BCUT2D eigenvalue weighted by Crippen LogP contribution is -2.78. The summed E-state index contributed by atoms with van der Waals surface area (Å²) in [6, 6.07) is 0. The van der Waals surface area contributed by atoms with Gasteiger partial charge in [0.05, 0.1) is 58.5 Å². The van der Waals surface area contributed by atoms with Gasteiger partial charge in [0, 0.05) is 19.4 Å². The molecule has 0 aliphatic carbocycles. The fraction of sp³-hybridized carbons (Fsp3) is 1.00. The Labute approximate surface area is 350 Å². The van der Waals surface area contributed by atoms with Crippen LogP contribution in [0.3, 0.4) is 0 Å². The average Bonchev–Trinajstić information content (AvgIpc) is 3.20. The number of hydrogen-bond donors (Lipinski definition) is 10. The molecule has 2 heterocycles. The molecule has 352 valence electrons. The third-order valence-corrected chi connectivity index (χ3v) is 11.3. The standard InChI is InChI=1S/C42H81FO16/c1-3-4-5-6-7-13-16-19-22-54-24-25-55-30-32(47)27-40(52)39(51)37(35(48)33(28-44)57-40)59-41(26-31(2)46)42(53,38(50)36(49)34(29-45)58-41)56-23-20-17-14-11-9-8-10-12-15-18-21-43/h31-39,44-53H,3-30H2,1-2H3/t31?,32?,33-,34-,35+,36+,37+,38+,39-,40-,41+,42+/m1/s1. The minimum absolute atomic E-state index is 0.140. The van der Waals surface area contributed by atoms with Crippen LogP contribution in [0.2, 0.25) is 0 Å². The van der Waals surface area contributed by atoms with Crippen molar-refractivity contribution in [3.05, 3.63) is 0 Å². The number of alkyl halides is 1. The molecule has 0 bridgehead atoms. The predicted octanol–water partition coefficient (Wildman–Crippen LogP) is 2.25. The molecule has 2 saturated heterocycles. The van der Waals surface area contributed by atoms with Gasteiger partial charge in [-0.2, -0.15) is 0 Å². The van der Waals surface area contributed by atoms with Crippen LogP contribution in [0.1, 0.15) is 142 Å². The minimum Gasteiger partial charge on any atom is -0.394 e. The van der Waals surface area contributed by atoms with E-state index >= 15 is 0 Å². The minimum atomic E-state index is -2.98. The highest BCUT2D eigenvalue weighted by molar-refractivity contribution is 5.07. The molecule has 10 N–H and O–H groups in total. The Hall–Kier alpha value is -0.710. The quantitative estimate of drug-likeness (QED) is 0.0324. The van der Waals surface area contributed by atoms with Crippen molar-refractivity contribution < 1.29 is 83.9 Å². The molecule has 0 radical (unpaired) electrons. The summed E-state index contributed by atoms with van der Waals surface area (Å²) in [7, 11) is 0. The Bertz CT molecular complexity index is 1050. The van der Waals surface area contributed by atoms with E-state index in [9.17, 15) is 55.5 Å². The molecule has 2 rings (SSSR count). The van der Waals surface area contributed by atoms with E-state index in [1.807, 2.05) is 0 Å². The van der Waals surface area contributed by atoms with Crippen LogP contribution in [0.25, 0.3) is 0 Å². The predicted molar refractivity (Wildman–Crippen MR) is 215 cm³/mol. The highest BCUT2D eigenvalue weighted by atomic mass is 19.1. The summed E-state index contributed by atoms with van der Waals surface area (Å²) >= 11 is 0. The molecule has 2 aliphatic heterocycles. The molecule has 12 atom stereocenters. The SMILES string of the molecule is CCCCCCCCCCOCCOCC(O)C[C@@]1(O)O[C@H](CO)[C@H](O)[C@H](O[C@]2(CC(C)O)O[C@H](CO)[C@H](O)[C@H](O)[C@]2(O)OCCCCCCCCCCCCF)[C@H]1O. The third kappa shape index (κ3) is 17.8. The molecule has 0 spiro atoms. The Morgan fingerprint density at radius 3 is 1.66 bits per heavy atom. The molecule has 59 heavy (non-hydrogen) atoms. The zero-order valence-corrected chi connectivity index (χ0v) is 35.8. The topological polar surface area (TPSA) is 258 Å². The van der Waals surface area contributed by atoms with Gasteiger partial charge >= 0.3 is 0 Å². The number of halogens is 1. The first-order chi connectivity index (χ1) is 28.3. The van der Waals surface area contributed by atoms with E-state index in [1.165, 1.54) is 39.0 Å². The summed E-state index contributed by atoms with van der Waals surface area (Å²) in [5.41, 5.74) is 0. The van der Waals surface area contributed by atoms with Gasteiger partial charge in [-0.1, -0.05) is 103 Å². The molecule has 16 nitrogen and oxygen atoms in total. The summed E-state index contributed by atoms with van der Waals surface area (Å²) in [6.07, 6.45) is 0.0405. The number of unbranched alkanes of at least 4 members (excludes halogenated alkanes) is 16. The largest absolute Gasteiger partial charge is 0.394 e. The van der Waals surface area contributed by atoms with Crippen molar-refractivity contribution >= 4 is 0 Å². The van der Waals surface area contributed by atoms with E-state index in [4.69, 9.17) is 28.4 Å². The molecule has 0 aromatic carbocycles. The third-order valence-electron chi connectivity index (χ3n) is 11.3. The molecule has 0 saturated carbocycles. The van der Waals surface area contributed by atoms with Crippen molar-refractivity contribution in [2.24, 2.45) is 0 Å². The van der Waals surface area contributed by atoms with Gasteiger partial charge < -0.3 is 79.5 Å². The summed E-state index contributed by atoms with van der Waals surface area (Å²) in [5, 5.41) is 110. The monoisotopic (exact) mass is 861 g/mol. The van der Waals surface area contributed by atoms with Gasteiger partial charge in [0.15, 0.2) is 5.79 Å². The second-order valence-electron chi connectivity index (χ2n) is 16.6. The van der Waals surface area contributed by atoms with Gasteiger partial charge in [-0.25, -0.2) is 0 Å². The number of rotatable bonds is 35. The van der Waals surface area contributed by atoms with Gasteiger partial charge in [0.25, 0.3) is 5.79 Å². The number of ether oxygens (including phenoxy) is 6. The fourth-order valence-electron chi connectivity index (χ4n) is 7.88. The van der Waals surface area contributed by atoms with Crippen molar-refractivity contribution in [2.75, 3.05) is 52.9 Å². The lowest BCUT2D eigenvalue weighted by molar-refractivity contribution is -0.490. The molecule has 0 aromatic rings. The molecule has 2 fully saturated rings. The Balaban J connectivity index is 2.09. The van der Waals surface area contributed by atoms with Crippen LogP contribution < -0.4 is 0 Å². The van der Waals surface area contributed by atoms with Crippen LogP contribution in [-0.4, -0.2) is 176 Å². The number of aliphatic hydroxyl groups is 10. The Kier molecular flexibility index (Phi) is 27.3. The summed E-state index contributed by atoms with van der Waals surface area (Å²) in [4.78, 5) is 0. The van der Waals surface area contributed by atoms with Crippen LogP contribution in [0, 0.1) is 0 Å². The van der Waals surface area contributed by atoms with E-state index in [0.29, 0.717) is 25.9 Å². The Morgan fingerprint density at radius 2 is 1.12 bits per heavy atom. The maximum Gasteiger partial charge on any atom is 0.251 e. The van der Waals surface area contributed by atoms with E-state index in [0.717, 1.165) is 64.2 Å². The van der Waals surface area contributed by atoms with Gasteiger partial charge in [-0.3, -0.25) is 4.39 Å². The molecule has 0 amide bonds. The van der Waals surface area contributed by atoms with E-state index in [2.05, 4.69) is 6.92 Å². The summed E-state index contributed by atoms with van der Waals surface area (Å²) in [6.45, 7) is 1.90. The van der Waals surface area contributed by atoms with E-state index in [1.54, 1.807) is 0 Å². The first-order valence-corrected chi connectivity index (χ1v) is 22.4. The zero-order valence-electron chi connectivity index (χ0n) is 35.8. The first kappa shape index (κ1) is 54.4. The van der Waals surface area contributed by atoms with Crippen LogP contribution in [-0.2, 0) is 28.4 Å². The summed E-state index contributed by atoms with van der Waals surface area (Å²) in [5.74, 6) is -8.38. The smallest absolute Gasteiger partial charge is 0.251 e. The molecule has 2 unspecified atom stereocenters. The van der Waals surface area contributed by atoms with Gasteiger partial charge in [0.2, 0.25) is 5.79 Å². The van der Waals surface area contributed by atoms with Crippen molar-refractivity contribution in [3.63, 3.8) is 0 Å². The van der Waals surface area contributed by atoms with Gasteiger partial charge in [0.1, 0.15) is 42.7 Å². The molecular formula is C42H81FO16. The second kappa shape index (κ2) is 29.6. The average molecular weight is 861 g/mol. The van der Waals surface area contributed by atoms with E-state index in [-0.39, 0.29) is 33.1 Å². The summed E-state index contributed by atoms with van der Waals surface area (Å²) < 4.78 is 46.8. The lowest BCUT2D eigenvalue weighted by atomic mass is 9.84. The molecule has 17 heteroatoms. The maximum absolute atomic E-state index is 12.3. The highest BCUT2D eigenvalue weighted by Crippen LogP contribution is 2.46. The highest BCUT2D eigenvalue weighted by Gasteiger charge is 2.69.